The molecule has 0 bridgehead atoms. The van der Waals surface area contributed by atoms with Gasteiger partial charge in [0, 0.05) is 37.4 Å². The summed E-state index contributed by atoms with van der Waals surface area (Å²) in [6.07, 6.45) is 7.48. The van der Waals surface area contributed by atoms with Gasteiger partial charge in [0.25, 0.3) is 5.91 Å². The molecule has 0 aromatic heterocycles. The topological polar surface area (TPSA) is 23.6 Å². The maximum atomic E-state index is 12.4. The molecule has 0 unspecified atom stereocenters. The highest BCUT2D eigenvalue weighted by molar-refractivity contribution is 5.94. The van der Waals surface area contributed by atoms with Crippen LogP contribution in [0.3, 0.4) is 0 Å². The van der Waals surface area contributed by atoms with Crippen LogP contribution in [0.4, 0.5) is 5.69 Å². The van der Waals surface area contributed by atoms with Crippen LogP contribution in [-0.4, -0.2) is 37.0 Å². The number of carbonyl (C=O) groups is 1. The Kier molecular flexibility index (Phi) is 4.24. The van der Waals surface area contributed by atoms with E-state index in [1.54, 1.807) is 0 Å². The van der Waals surface area contributed by atoms with Gasteiger partial charge in [-0.15, -0.1) is 0 Å². The number of likely N-dealkylation sites (tertiary alicyclic amines) is 1. The van der Waals surface area contributed by atoms with Crippen LogP contribution in [-0.2, 0) is 0 Å². The number of hydrogen-bond donors (Lipinski definition) is 0. The van der Waals surface area contributed by atoms with Crippen molar-refractivity contribution in [1.29, 1.82) is 0 Å². The Bertz CT molecular complexity index is 443. The summed E-state index contributed by atoms with van der Waals surface area (Å²) < 4.78 is 0. The number of rotatable bonds is 2. The van der Waals surface area contributed by atoms with Crippen LogP contribution in [0, 0.1) is 0 Å². The van der Waals surface area contributed by atoms with E-state index in [1.807, 2.05) is 17.0 Å². The second kappa shape index (κ2) is 6.29. The summed E-state index contributed by atoms with van der Waals surface area (Å²) in [5.41, 5.74) is 2.10. The first-order valence-corrected chi connectivity index (χ1v) is 7.99. The normalized spacial score (nSPS) is 20.0. The van der Waals surface area contributed by atoms with Gasteiger partial charge in [-0.2, -0.15) is 0 Å². The third-order valence-corrected chi connectivity index (χ3v) is 4.48. The molecule has 1 aromatic rings. The number of anilines is 1. The molecular weight excluding hydrogens is 248 g/mol. The lowest BCUT2D eigenvalue weighted by Crippen LogP contribution is -2.35. The first kappa shape index (κ1) is 13.5. The zero-order valence-corrected chi connectivity index (χ0v) is 12.2. The highest BCUT2D eigenvalue weighted by Crippen LogP contribution is 2.21. The Balaban J connectivity index is 1.67. The number of benzene rings is 1. The molecular formula is C17H24N2O. The van der Waals surface area contributed by atoms with Crippen LogP contribution in [0.1, 0.15) is 48.9 Å². The monoisotopic (exact) mass is 272 g/mol. The van der Waals surface area contributed by atoms with Gasteiger partial charge < -0.3 is 9.80 Å². The molecule has 0 aliphatic carbocycles. The Labute approximate surface area is 121 Å². The summed E-state index contributed by atoms with van der Waals surface area (Å²) in [6, 6.07) is 8.23. The fraction of sp³-hybridized carbons (Fsp3) is 0.588. The fourth-order valence-corrected chi connectivity index (χ4v) is 3.25. The third-order valence-electron chi connectivity index (χ3n) is 4.48. The predicted molar refractivity (Wildman–Crippen MR) is 82.3 cm³/mol. The van der Waals surface area contributed by atoms with Crippen molar-refractivity contribution in [3.8, 4) is 0 Å². The average molecular weight is 272 g/mol. The van der Waals surface area contributed by atoms with Crippen molar-refractivity contribution >= 4 is 11.6 Å². The number of nitrogens with zero attached hydrogens (tertiary/aromatic N) is 2. The maximum absolute atomic E-state index is 12.4. The maximum Gasteiger partial charge on any atom is 0.253 e. The van der Waals surface area contributed by atoms with Crippen molar-refractivity contribution in [2.75, 3.05) is 31.1 Å². The summed E-state index contributed by atoms with van der Waals surface area (Å²) in [5, 5.41) is 0. The van der Waals surface area contributed by atoms with E-state index in [-0.39, 0.29) is 5.91 Å². The van der Waals surface area contributed by atoms with Crippen molar-refractivity contribution in [2.45, 2.75) is 38.5 Å². The highest BCUT2D eigenvalue weighted by Gasteiger charge is 2.18. The quantitative estimate of drug-likeness (QED) is 0.824. The lowest BCUT2D eigenvalue weighted by molar-refractivity contribution is 0.0724. The fourth-order valence-electron chi connectivity index (χ4n) is 3.25. The lowest BCUT2D eigenvalue weighted by atomic mass is 10.1. The molecule has 0 radical (unpaired) electrons. The zero-order valence-electron chi connectivity index (χ0n) is 12.2. The van der Waals surface area contributed by atoms with Gasteiger partial charge in [0.05, 0.1) is 0 Å². The Morgan fingerprint density at radius 1 is 0.750 bits per heavy atom. The van der Waals surface area contributed by atoms with Gasteiger partial charge in [-0.05, 0) is 62.8 Å². The molecule has 0 spiro atoms. The molecule has 0 atom stereocenters. The van der Waals surface area contributed by atoms with Gasteiger partial charge in [-0.25, -0.2) is 0 Å². The molecule has 20 heavy (non-hydrogen) atoms. The number of hydrogen-bond acceptors (Lipinski definition) is 2. The van der Waals surface area contributed by atoms with E-state index in [2.05, 4.69) is 17.0 Å². The molecule has 3 heteroatoms. The average Bonchev–Trinajstić information content (AvgIpc) is 2.56. The molecule has 2 aliphatic rings. The van der Waals surface area contributed by atoms with Crippen molar-refractivity contribution < 1.29 is 4.79 Å². The molecule has 1 aromatic carbocycles. The lowest BCUT2D eigenvalue weighted by Gasteiger charge is -2.29. The van der Waals surface area contributed by atoms with E-state index in [0.29, 0.717) is 0 Å². The van der Waals surface area contributed by atoms with Crippen LogP contribution in [0.25, 0.3) is 0 Å². The molecule has 2 fully saturated rings. The minimum atomic E-state index is 0.204. The molecule has 0 N–H and O–H groups in total. The first-order valence-electron chi connectivity index (χ1n) is 7.99. The Hall–Kier alpha value is -1.51. The standard InChI is InChI=1S/C17H24N2O/c20-17(19-13-5-2-6-14-19)15-7-9-16(10-8-15)18-11-3-1-4-12-18/h7-10H,1-6,11-14H2. The van der Waals surface area contributed by atoms with Crippen LogP contribution in [0.2, 0.25) is 0 Å². The van der Waals surface area contributed by atoms with E-state index < -0.39 is 0 Å². The van der Waals surface area contributed by atoms with E-state index in [4.69, 9.17) is 0 Å². The van der Waals surface area contributed by atoms with Gasteiger partial charge in [0.15, 0.2) is 0 Å². The zero-order chi connectivity index (χ0) is 13.8. The van der Waals surface area contributed by atoms with Crippen LogP contribution in [0.5, 0.6) is 0 Å². The SMILES string of the molecule is O=C(c1ccc(N2CCCCC2)cc1)N1CCCCC1. The Morgan fingerprint density at radius 2 is 1.30 bits per heavy atom. The van der Waals surface area contributed by atoms with Crippen molar-refractivity contribution in [3.63, 3.8) is 0 Å². The van der Waals surface area contributed by atoms with E-state index in [0.717, 1.165) is 44.6 Å². The minimum Gasteiger partial charge on any atom is -0.372 e. The molecule has 108 valence electrons. The molecule has 1 amide bonds. The number of piperidine rings is 2. The summed E-state index contributed by atoms with van der Waals surface area (Å²) in [7, 11) is 0. The van der Waals surface area contributed by atoms with Crippen LogP contribution < -0.4 is 4.90 Å². The number of carbonyl (C=O) groups excluding carboxylic acids is 1. The largest absolute Gasteiger partial charge is 0.372 e. The van der Waals surface area contributed by atoms with Crippen LogP contribution >= 0.6 is 0 Å². The summed E-state index contributed by atoms with van der Waals surface area (Å²) in [5.74, 6) is 0.204. The molecule has 2 aliphatic heterocycles. The molecule has 0 saturated carbocycles. The highest BCUT2D eigenvalue weighted by atomic mass is 16.2. The second-order valence-corrected chi connectivity index (χ2v) is 5.95. The van der Waals surface area contributed by atoms with Crippen molar-refractivity contribution in [2.24, 2.45) is 0 Å². The van der Waals surface area contributed by atoms with E-state index in [1.165, 1.54) is 31.4 Å². The van der Waals surface area contributed by atoms with Gasteiger partial charge in [0.2, 0.25) is 0 Å². The third kappa shape index (κ3) is 2.97. The van der Waals surface area contributed by atoms with E-state index >= 15 is 0 Å². The van der Waals surface area contributed by atoms with Gasteiger partial charge in [-0.3, -0.25) is 4.79 Å². The van der Waals surface area contributed by atoms with Crippen molar-refractivity contribution in [1.82, 2.24) is 4.90 Å². The molecule has 3 nitrogen and oxygen atoms in total. The van der Waals surface area contributed by atoms with E-state index in [9.17, 15) is 4.79 Å². The molecule has 2 saturated heterocycles. The summed E-state index contributed by atoms with van der Waals surface area (Å²) >= 11 is 0. The van der Waals surface area contributed by atoms with Crippen LogP contribution in [0.15, 0.2) is 24.3 Å². The van der Waals surface area contributed by atoms with Crippen molar-refractivity contribution in [3.05, 3.63) is 29.8 Å². The summed E-state index contributed by atoms with van der Waals surface area (Å²) in [4.78, 5) is 16.8. The van der Waals surface area contributed by atoms with Gasteiger partial charge in [0.1, 0.15) is 0 Å². The molecule has 2 heterocycles. The first-order chi connectivity index (χ1) is 9.84. The van der Waals surface area contributed by atoms with Gasteiger partial charge >= 0.3 is 0 Å². The smallest absolute Gasteiger partial charge is 0.253 e. The second-order valence-electron chi connectivity index (χ2n) is 5.95. The van der Waals surface area contributed by atoms with Gasteiger partial charge in [-0.1, -0.05) is 0 Å². The minimum absolute atomic E-state index is 0.204. The summed E-state index contributed by atoms with van der Waals surface area (Å²) in [6.45, 7) is 4.15. The Morgan fingerprint density at radius 3 is 1.90 bits per heavy atom. The number of amides is 1. The predicted octanol–water partition coefficient (Wildman–Crippen LogP) is 3.30. The molecule has 3 rings (SSSR count).